The van der Waals surface area contributed by atoms with Gasteiger partial charge in [0.1, 0.15) is 23.3 Å². The van der Waals surface area contributed by atoms with Gasteiger partial charge < -0.3 is 18.3 Å². The van der Waals surface area contributed by atoms with Crippen molar-refractivity contribution in [3.05, 3.63) is 460 Å². The maximum Gasteiger partial charge on any atom is 2.00 e. The van der Waals surface area contributed by atoms with Gasteiger partial charge in [0.05, 0.1) is 21.7 Å². The molecular weight excluding hydrogens is 2510 g/mol. The molecule has 12 heterocycles. The summed E-state index contributed by atoms with van der Waals surface area (Å²) in [5.41, 5.74) is 26.0. The van der Waals surface area contributed by atoms with Crippen LogP contribution in [0.1, 0.15) is 22.3 Å². The van der Waals surface area contributed by atoms with Crippen molar-refractivity contribution in [3.8, 4) is 67.8 Å². The molecule has 20 heteroatoms. The summed E-state index contributed by atoms with van der Waals surface area (Å²) in [5, 5.41) is 14.2. The third-order valence-corrected chi connectivity index (χ3v) is 32.4. The van der Waals surface area contributed by atoms with Crippen LogP contribution in [0.15, 0.2) is 389 Å². The minimum absolute atomic E-state index is 0. The molecule has 0 aliphatic carbocycles. The topological polar surface area (TPSA) is 123 Å². The molecule has 0 spiro atoms. The van der Waals surface area contributed by atoms with Crippen molar-refractivity contribution >= 4 is 162 Å². The summed E-state index contributed by atoms with van der Waals surface area (Å²) in [6.45, 7) is 17.3. The Balaban J connectivity index is 0.000000128. The molecule has 4 unspecified atom stereocenters. The Hall–Kier alpha value is -12.5. The molecule has 0 aliphatic rings. The normalized spacial score (nSPS) is 11.9. The number of fused-ring (bicyclic) bond motifs is 12. The average Bonchev–Trinajstić information content (AvgIpc) is 1.59. The van der Waals surface area contributed by atoms with Gasteiger partial charge in [0.2, 0.25) is 0 Å². The Morgan fingerprint density at radius 3 is 0.800 bits per heavy atom. The van der Waals surface area contributed by atoms with E-state index in [-0.39, 0.29) is 84.3 Å². The minimum atomic E-state index is -0.571. The van der Waals surface area contributed by atoms with Crippen molar-refractivity contribution in [1.82, 2.24) is 58.1 Å². The fourth-order valence-corrected chi connectivity index (χ4v) is 23.2. The SMILES string of the molecule is Cc1ccc(-n2c3[c-]c(-c4[c-]c(P(C)c5ccccn5)ccc4)ccc3c3ccccc32)nc1.Cc1cccnc1-n1c2[c-]c(-c3[c-]c(P(C)c4ccccn4)ccc3)ccc2c2ccccc21.Cc1ccnc(-n2c3[c-]c(-c4[c-]c(P(C)c5ccccn5)ccc4)ccc3c3ccccc32)c1.Cc1ccnc(-n2c3[c-]c(-c4[c-]c(P(C)c5ccccn5)ccc4)ccc3c3ccccc32)c1.[Pt+2].[Pt+2].[Pt+2].[Pt+2]. The number of rotatable bonds is 16. The Morgan fingerprint density at radius 2 is 0.500 bits per heavy atom. The van der Waals surface area contributed by atoms with Crippen LogP contribution in [0.2, 0.25) is 0 Å². The van der Waals surface area contributed by atoms with Crippen LogP contribution in [0, 0.1) is 76.2 Å². The summed E-state index contributed by atoms with van der Waals surface area (Å²) < 4.78 is 8.86. The molecular formula is C120H88N12P4Pt4. The van der Waals surface area contributed by atoms with Gasteiger partial charge in [-0.05, 0) is 261 Å². The second kappa shape index (κ2) is 44.5. The van der Waals surface area contributed by atoms with E-state index in [9.17, 15) is 0 Å². The average molecular weight is 2600 g/mol. The van der Waals surface area contributed by atoms with Crippen LogP contribution >= 0.6 is 31.7 Å². The van der Waals surface area contributed by atoms with Crippen LogP contribution in [0.5, 0.6) is 0 Å². The first kappa shape index (κ1) is 99.1. The van der Waals surface area contributed by atoms with E-state index in [2.05, 4.69) is 424 Å². The summed E-state index contributed by atoms with van der Waals surface area (Å²) in [7, 11) is -2.28. The number of pyridine rings is 8. The van der Waals surface area contributed by atoms with Gasteiger partial charge in [-0.1, -0.05) is 131 Å². The van der Waals surface area contributed by atoms with E-state index in [4.69, 9.17) is 9.97 Å². The predicted molar refractivity (Wildman–Crippen MR) is 571 cm³/mol. The van der Waals surface area contributed by atoms with E-state index in [1.807, 2.05) is 116 Å². The molecule has 24 rings (SSSR count). The Kier molecular flexibility index (Phi) is 31.5. The Labute approximate surface area is 878 Å². The number of hydrogen-bond donors (Lipinski definition) is 0. The van der Waals surface area contributed by atoms with E-state index < -0.39 is 31.7 Å². The van der Waals surface area contributed by atoms with Gasteiger partial charge in [0, 0.05) is 71.6 Å². The number of nitrogens with zero attached hydrogens (tertiary/aromatic N) is 12. The van der Waals surface area contributed by atoms with Crippen LogP contribution in [-0.4, -0.2) is 84.8 Å². The molecule has 0 aliphatic heterocycles. The summed E-state index contributed by atoms with van der Waals surface area (Å²) in [4.78, 5) is 37.1. The predicted octanol–water partition coefficient (Wildman–Crippen LogP) is 24.8. The van der Waals surface area contributed by atoms with E-state index in [0.29, 0.717) is 0 Å². The second-order valence-corrected chi connectivity index (χ2v) is 41.7. The molecule has 0 N–H and O–H groups in total. The largest absolute Gasteiger partial charge is 2.00 e. The molecule has 24 aromatic rings. The zero-order chi connectivity index (χ0) is 92.3. The van der Waals surface area contributed by atoms with Gasteiger partial charge in [0.15, 0.2) is 0 Å². The Bertz CT molecular complexity index is 8290. The van der Waals surface area contributed by atoms with Crippen LogP contribution in [0.4, 0.5) is 0 Å². The van der Waals surface area contributed by atoms with Gasteiger partial charge in [-0.2, -0.15) is 121 Å². The van der Waals surface area contributed by atoms with E-state index in [1.54, 1.807) is 0 Å². The summed E-state index contributed by atoms with van der Waals surface area (Å²) in [6, 6.07) is 147. The maximum atomic E-state index is 4.73. The number of benzene rings is 12. The van der Waals surface area contributed by atoms with Crippen molar-refractivity contribution in [2.75, 3.05) is 26.7 Å². The first-order valence-corrected chi connectivity index (χ1v) is 52.2. The third kappa shape index (κ3) is 20.4. The summed E-state index contributed by atoms with van der Waals surface area (Å²) in [6.07, 6.45) is 14.9. The van der Waals surface area contributed by atoms with Gasteiger partial charge >= 0.3 is 84.3 Å². The molecule has 140 heavy (non-hydrogen) atoms. The molecule has 0 saturated heterocycles. The number of aromatic nitrogens is 12. The van der Waals surface area contributed by atoms with Crippen LogP contribution in [-0.2, 0) is 84.3 Å². The summed E-state index contributed by atoms with van der Waals surface area (Å²) in [5.74, 6) is 3.65. The van der Waals surface area contributed by atoms with Crippen molar-refractivity contribution in [1.29, 1.82) is 0 Å². The van der Waals surface area contributed by atoms with Gasteiger partial charge in [-0.25, -0.2) is 64.4 Å². The van der Waals surface area contributed by atoms with Crippen molar-refractivity contribution in [2.24, 2.45) is 0 Å². The third-order valence-electron chi connectivity index (χ3n) is 24.6. The zero-order valence-corrected chi connectivity index (χ0v) is 90.0. The van der Waals surface area contributed by atoms with Crippen LogP contribution in [0.3, 0.4) is 0 Å². The van der Waals surface area contributed by atoms with Gasteiger partial charge in [0.25, 0.3) is 0 Å². The van der Waals surface area contributed by atoms with E-state index >= 15 is 0 Å². The first-order chi connectivity index (χ1) is 66.8. The van der Waals surface area contributed by atoms with Crippen LogP contribution < -0.4 is 43.0 Å². The number of para-hydroxylation sites is 4. The van der Waals surface area contributed by atoms with Gasteiger partial charge in [-0.3, -0.25) is 19.9 Å². The first-order valence-electron chi connectivity index (χ1n) is 45.0. The molecule has 12 nitrogen and oxygen atoms in total. The fourth-order valence-electron chi connectivity index (χ4n) is 17.7. The smallest absolute Gasteiger partial charge is 0.314 e. The van der Waals surface area contributed by atoms with E-state index in [0.717, 1.165) is 145 Å². The van der Waals surface area contributed by atoms with Crippen molar-refractivity contribution in [3.63, 3.8) is 0 Å². The van der Waals surface area contributed by atoms with Gasteiger partial charge in [-0.15, -0.1) is 69.7 Å². The molecule has 0 bridgehead atoms. The number of hydrogen-bond acceptors (Lipinski definition) is 8. The molecule has 0 radical (unpaired) electrons. The molecule has 4 atom stereocenters. The molecule has 688 valence electrons. The van der Waals surface area contributed by atoms with Crippen molar-refractivity contribution in [2.45, 2.75) is 27.7 Å². The number of aryl methyl sites for hydroxylation is 4. The molecule has 12 aromatic carbocycles. The molecule has 0 fully saturated rings. The standard InChI is InChI=1S/4C30H22N3P.4Pt/c1-21-9-8-18-32-30(21)33-27-13-4-3-12-25(27)26-16-15-23(20-28(26)33)22-10-7-11-24(19-22)34(2)29-14-5-6-17-31-29;1-21-13-16-29(32-20-21)33-27-11-4-3-10-25(27)26-15-14-23(19-28(26)33)22-8-7-9-24(18-22)34(2)30-12-5-6-17-31-30;2*1-21-15-17-31-29(18-21)33-27-11-4-3-10-25(27)26-14-13-23(20-28(26)33)22-8-7-9-24(19-22)34(2)30-12-5-6-16-32-30;;;;/h3-18H,1-2H3;3-17,20H,1-2H3;2*3-18H,1-2H3;;;;/q4*-2;4*+2. The monoisotopic (exact) mass is 2600 g/mol. The zero-order valence-electron chi connectivity index (χ0n) is 77.4. The second-order valence-electron chi connectivity index (χ2n) is 33.5. The fraction of sp³-hybridized carbons (Fsp3) is 0.0667. The maximum absolute atomic E-state index is 4.73. The minimum Gasteiger partial charge on any atom is -0.314 e. The molecule has 0 saturated carbocycles. The van der Waals surface area contributed by atoms with Crippen LogP contribution in [0.25, 0.3) is 155 Å². The van der Waals surface area contributed by atoms with Crippen molar-refractivity contribution < 1.29 is 84.3 Å². The molecule has 0 amide bonds. The molecule has 12 aromatic heterocycles. The van der Waals surface area contributed by atoms with E-state index in [1.165, 1.54) is 75.4 Å². The summed E-state index contributed by atoms with van der Waals surface area (Å²) >= 11 is 0. The quantitative estimate of drug-likeness (QED) is 0.0692. The Morgan fingerprint density at radius 1 is 0.207 bits per heavy atom.